The van der Waals surface area contributed by atoms with Gasteiger partial charge in [-0.25, -0.2) is 4.79 Å². The van der Waals surface area contributed by atoms with Crippen molar-refractivity contribution in [2.45, 2.75) is 0 Å². The second-order valence-electron chi connectivity index (χ2n) is 2.74. The molecule has 76 valence electrons. The first-order valence-corrected chi connectivity index (χ1v) is 4.25. The molecule has 0 aliphatic carbocycles. The van der Waals surface area contributed by atoms with Crippen molar-refractivity contribution in [3.05, 3.63) is 24.3 Å². The molecule has 5 heteroatoms. The van der Waals surface area contributed by atoms with Gasteiger partial charge in [-0.2, -0.15) is 0 Å². The molecule has 0 unspecified atom stereocenters. The zero-order valence-electron chi connectivity index (χ0n) is 7.66. The largest absolute Gasteiger partial charge is 0.465 e. The average molecular weight is 195 g/mol. The van der Waals surface area contributed by atoms with Crippen LogP contribution in [0.5, 0.6) is 0 Å². The zero-order chi connectivity index (χ0) is 10.4. The molecule has 2 rings (SSSR count). The van der Waals surface area contributed by atoms with Crippen LogP contribution in [-0.4, -0.2) is 24.3 Å². The summed E-state index contributed by atoms with van der Waals surface area (Å²) < 4.78 is 0. The molecule has 1 aliphatic heterocycles. The van der Waals surface area contributed by atoms with Crippen LogP contribution in [-0.2, 0) is 0 Å². The van der Waals surface area contributed by atoms with E-state index in [9.17, 15) is 0 Å². The molecule has 1 aliphatic rings. The molecule has 1 aromatic rings. The third-order valence-electron chi connectivity index (χ3n) is 1.68. The van der Waals surface area contributed by atoms with E-state index in [0.29, 0.717) is 0 Å². The molecule has 1 heterocycles. The third-order valence-corrected chi connectivity index (χ3v) is 1.68. The molecular formula is C9H13N3O2. The number of carbonyl (C=O) groups is 1. The standard InChI is InChI=1S/C8H10N2.CH3NO2/c1-2-4-8-7(3-1)9-5-6-10-8;2-1(3)4/h1-4,9-10H,5-6H2;2H2,(H,3,4). The van der Waals surface area contributed by atoms with E-state index in [2.05, 4.69) is 28.5 Å². The second-order valence-corrected chi connectivity index (χ2v) is 2.74. The monoisotopic (exact) mass is 195 g/mol. The van der Waals surface area contributed by atoms with E-state index in [1.807, 2.05) is 12.1 Å². The number of para-hydroxylation sites is 2. The van der Waals surface area contributed by atoms with E-state index >= 15 is 0 Å². The molecule has 0 fully saturated rings. The summed E-state index contributed by atoms with van der Waals surface area (Å²) in [4.78, 5) is 8.78. The minimum absolute atomic E-state index is 1.02. The molecule has 0 saturated carbocycles. The van der Waals surface area contributed by atoms with Gasteiger partial charge in [-0.3, -0.25) is 0 Å². The predicted octanol–water partition coefficient (Wildman–Crippen LogP) is 1.15. The number of nitrogens with one attached hydrogen (secondary N) is 2. The van der Waals surface area contributed by atoms with Crippen LogP contribution in [0.1, 0.15) is 0 Å². The first kappa shape index (κ1) is 10.2. The van der Waals surface area contributed by atoms with Gasteiger partial charge in [-0.1, -0.05) is 12.1 Å². The Morgan fingerprint density at radius 1 is 1.21 bits per heavy atom. The topological polar surface area (TPSA) is 87.4 Å². The number of amides is 1. The third kappa shape index (κ3) is 3.22. The fourth-order valence-corrected chi connectivity index (χ4v) is 1.19. The van der Waals surface area contributed by atoms with E-state index in [1.54, 1.807) is 0 Å². The van der Waals surface area contributed by atoms with Gasteiger partial charge in [-0.15, -0.1) is 0 Å². The minimum atomic E-state index is -1.33. The van der Waals surface area contributed by atoms with Gasteiger partial charge >= 0.3 is 6.09 Å². The van der Waals surface area contributed by atoms with Crippen LogP contribution in [0, 0.1) is 0 Å². The van der Waals surface area contributed by atoms with Gasteiger partial charge in [0.05, 0.1) is 11.4 Å². The number of carboxylic acid groups (broad SMARTS) is 1. The zero-order valence-corrected chi connectivity index (χ0v) is 7.66. The molecule has 14 heavy (non-hydrogen) atoms. The van der Waals surface area contributed by atoms with Crippen molar-refractivity contribution in [3.8, 4) is 0 Å². The van der Waals surface area contributed by atoms with Crippen LogP contribution in [0.2, 0.25) is 0 Å². The Morgan fingerprint density at radius 2 is 1.57 bits per heavy atom. The van der Waals surface area contributed by atoms with Crippen molar-refractivity contribution >= 4 is 17.5 Å². The summed E-state index contributed by atoms with van der Waals surface area (Å²) in [7, 11) is 0. The number of rotatable bonds is 0. The lowest BCUT2D eigenvalue weighted by atomic mass is 10.2. The van der Waals surface area contributed by atoms with Crippen LogP contribution >= 0.6 is 0 Å². The average Bonchev–Trinajstić information content (AvgIpc) is 2.17. The molecular weight excluding hydrogens is 182 g/mol. The van der Waals surface area contributed by atoms with Crippen molar-refractivity contribution in [2.24, 2.45) is 5.73 Å². The van der Waals surface area contributed by atoms with Crippen LogP contribution in [0.3, 0.4) is 0 Å². The fraction of sp³-hybridized carbons (Fsp3) is 0.222. The van der Waals surface area contributed by atoms with E-state index in [1.165, 1.54) is 11.4 Å². The summed E-state index contributed by atoms with van der Waals surface area (Å²) in [6.07, 6.45) is -1.33. The molecule has 0 aromatic heterocycles. The Balaban J connectivity index is 0.000000213. The van der Waals surface area contributed by atoms with Gasteiger partial charge in [0.2, 0.25) is 0 Å². The van der Waals surface area contributed by atoms with Gasteiger partial charge in [-0.05, 0) is 12.1 Å². The van der Waals surface area contributed by atoms with Crippen molar-refractivity contribution in [3.63, 3.8) is 0 Å². The number of hydrogen-bond acceptors (Lipinski definition) is 3. The van der Waals surface area contributed by atoms with Crippen molar-refractivity contribution in [1.29, 1.82) is 0 Å². The van der Waals surface area contributed by atoms with Gasteiger partial charge in [0.15, 0.2) is 0 Å². The Labute approximate surface area is 81.9 Å². The van der Waals surface area contributed by atoms with Crippen molar-refractivity contribution in [2.75, 3.05) is 23.7 Å². The number of hydrogen-bond donors (Lipinski definition) is 4. The summed E-state index contributed by atoms with van der Waals surface area (Å²) in [5, 5.41) is 13.8. The van der Waals surface area contributed by atoms with Crippen LogP contribution in [0.25, 0.3) is 0 Å². The van der Waals surface area contributed by atoms with Gasteiger partial charge in [0, 0.05) is 13.1 Å². The quantitative estimate of drug-likeness (QED) is 0.500. The molecule has 0 bridgehead atoms. The summed E-state index contributed by atoms with van der Waals surface area (Å²) in [6.45, 7) is 2.05. The highest BCUT2D eigenvalue weighted by Gasteiger charge is 2.03. The first-order valence-electron chi connectivity index (χ1n) is 4.25. The van der Waals surface area contributed by atoms with Gasteiger partial charge in [0.25, 0.3) is 0 Å². The fourth-order valence-electron chi connectivity index (χ4n) is 1.19. The Kier molecular flexibility index (Phi) is 3.60. The van der Waals surface area contributed by atoms with E-state index in [-0.39, 0.29) is 0 Å². The molecule has 0 atom stereocenters. The predicted molar refractivity (Wildman–Crippen MR) is 55.6 cm³/mol. The smallest absolute Gasteiger partial charge is 0.402 e. The maximum absolute atomic E-state index is 8.78. The van der Waals surface area contributed by atoms with Crippen molar-refractivity contribution in [1.82, 2.24) is 0 Å². The minimum Gasteiger partial charge on any atom is -0.465 e. The molecule has 5 nitrogen and oxygen atoms in total. The Hall–Kier alpha value is -1.91. The molecule has 5 N–H and O–H groups in total. The van der Waals surface area contributed by atoms with Crippen LogP contribution in [0.4, 0.5) is 16.2 Å². The number of benzene rings is 1. The highest BCUT2D eigenvalue weighted by atomic mass is 16.4. The van der Waals surface area contributed by atoms with E-state index in [0.717, 1.165) is 13.1 Å². The summed E-state index contributed by atoms with van der Waals surface area (Å²) in [5.74, 6) is 0. The maximum Gasteiger partial charge on any atom is 0.402 e. The lowest BCUT2D eigenvalue weighted by Gasteiger charge is -2.18. The lowest BCUT2D eigenvalue weighted by Crippen LogP contribution is -2.19. The maximum atomic E-state index is 8.78. The number of fused-ring (bicyclic) bond motifs is 1. The number of nitrogens with two attached hydrogens (primary N) is 1. The normalized spacial score (nSPS) is 12.3. The first-order chi connectivity index (χ1) is 6.70. The lowest BCUT2D eigenvalue weighted by molar-refractivity contribution is 0.205. The number of anilines is 2. The van der Waals surface area contributed by atoms with Crippen LogP contribution < -0.4 is 16.4 Å². The van der Waals surface area contributed by atoms with Gasteiger partial charge in [0.1, 0.15) is 0 Å². The highest BCUT2D eigenvalue weighted by molar-refractivity contribution is 5.70. The van der Waals surface area contributed by atoms with Crippen LogP contribution in [0.15, 0.2) is 24.3 Å². The number of primary amides is 1. The molecule has 1 amide bonds. The summed E-state index contributed by atoms with van der Waals surface area (Å²) in [5.41, 5.74) is 6.46. The molecule has 0 radical (unpaired) electrons. The van der Waals surface area contributed by atoms with E-state index < -0.39 is 6.09 Å². The van der Waals surface area contributed by atoms with Crippen molar-refractivity contribution < 1.29 is 9.90 Å². The van der Waals surface area contributed by atoms with Gasteiger partial charge < -0.3 is 21.5 Å². The molecule has 1 aromatic carbocycles. The van der Waals surface area contributed by atoms with E-state index in [4.69, 9.17) is 9.90 Å². The SMILES string of the molecule is NC(=O)O.c1ccc2c(c1)NCCN2. The summed E-state index contributed by atoms with van der Waals surface area (Å²) in [6, 6.07) is 8.25. The Bertz CT molecular complexity index is 286. The second kappa shape index (κ2) is 4.96. The molecule has 0 spiro atoms. The summed E-state index contributed by atoms with van der Waals surface area (Å²) >= 11 is 0. The highest BCUT2D eigenvalue weighted by Crippen LogP contribution is 2.22. The molecule has 0 saturated heterocycles. The Morgan fingerprint density at radius 3 is 1.93 bits per heavy atom.